The minimum Gasteiger partial charge on any atom is -0.291 e. The molecule has 1 nitrogen and oxygen atoms in total. The molecule has 1 unspecified atom stereocenters. The zero-order valence-electron chi connectivity index (χ0n) is 8.66. The van der Waals surface area contributed by atoms with Crippen LogP contribution in [-0.4, -0.2) is 11.2 Å². The lowest BCUT2D eigenvalue weighted by atomic mass is 9.94. The summed E-state index contributed by atoms with van der Waals surface area (Å²) in [6.07, 6.45) is 3.46. The molecule has 0 rings (SSSR count). The molecule has 0 spiro atoms. The summed E-state index contributed by atoms with van der Waals surface area (Å²) in [5, 5.41) is -3.68. The molecule has 14 heavy (non-hydrogen) atoms. The highest BCUT2D eigenvalue weighted by molar-refractivity contribution is 6.32. The molecule has 4 heteroatoms. The van der Waals surface area contributed by atoms with Crippen molar-refractivity contribution in [3.63, 3.8) is 0 Å². The molecule has 0 saturated heterocycles. The van der Waals surface area contributed by atoms with Gasteiger partial charge in [0.05, 0.1) is 0 Å². The fraction of sp³-hybridized carbons (Fsp3) is 0.900. The Morgan fingerprint density at radius 2 is 2.00 bits per heavy atom. The number of carbonyl (C=O) groups excluding carboxylic acids is 1. The molecule has 0 heterocycles. The Bertz CT molecular complexity index is 177. The van der Waals surface area contributed by atoms with E-state index < -0.39 is 11.2 Å². The molecule has 0 amide bonds. The minimum absolute atomic E-state index is 0.0482. The molecule has 0 fully saturated rings. The summed E-state index contributed by atoms with van der Waals surface area (Å²) >= 11 is 4.64. The van der Waals surface area contributed by atoms with Gasteiger partial charge in [0.25, 0.3) is 0 Å². The van der Waals surface area contributed by atoms with Crippen LogP contribution in [0.15, 0.2) is 0 Å². The highest BCUT2D eigenvalue weighted by Crippen LogP contribution is 2.26. The van der Waals surface area contributed by atoms with Crippen LogP contribution in [0.3, 0.4) is 0 Å². The van der Waals surface area contributed by atoms with Gasteiger partial charge in [0, 0.05) is 6.42 Å². The van der Waals surface area contributed by atoms with Gasteiger partial charge in [0.1, 0.15) is 0 Å². The van der Waals surface area contributed by atoms with Crippen LogP contribution in [0.5, 0.6) is 0 Å². The van der Waals surface area contributed by atoms with Crippen molar-refractivity contribution in [1.82, 2.24) is 0 Å². The Morgan fingerprint density at radius 1 is 1.43 bits per heavy atom. The molecule has 1 atom stereocenters. The van der Waals surface area contributed by atoms with E-state index in [2.05, 4.69) is 11.6 Å². The number of alkyl halides is 3. The van der Waals surface area contributed by atoms with Crippen LogP contribution >= 0.6 is 11.6 Å². The quantitative estimate of drug-likeness (QED) is 0.600. The number of hydrogen-bond acceptors (Lipinski definition) is 1. The molecular formula is C10H17ClF2O. The van der Waals surface area contributed by atoms with Crippen LogP contribution in [0, 0.1) is 5.92 Å². The lowest BCUT2D eigenvalue weighted by Gasteiger charge is -2.14. The van der Waals surface area contributed by atoms with Crippen LogP contribution in [0.4, 0.5) is 8.78 Å². The van der Waals surface area contributed by atoms with Gasteiger partial charge >= 0.3 is 5.38 Å². The zero-order valence-corrected chi connectivity index (χ0v) is 9.41. The Morgan fingerprint density at radius 3 is 2.36 bits per heavy atom. The molecule has 0 aliphatic heterocycles. The highest BCUT2D eigenvalue weighted by atomic mass is 35.5. The minimum atomic E-state index is -3.68. The summed E-state index contributed by atoms with van der Waals surface area (Å²) in [6.45, 7) is 3.94. The van der Waals surface area contributed by atoms with Crippen molar-refractivity contribution in [1.29, 1.82) is 0 Å². The molecule has 0 radical (unpaired) electrons. The number of rotatable bonds is 7. The molecular weight excluding hydrogens is 210 g/mol. The van der Waals surface area contributed by atoms with E-state index in [9.17, 15) is 13.6 Å². The van der Waals surface area contributed by atoms with Gasteiger partial charge in [-0.2, -0.15) is 8.78 Å². The molecule has 0 aliphatic carbocycles. The molecule has 0 bridgehead atoms. The fourth-order valence-corrected chi connectivity index (χ4v) is 1.40. The maximum absolute atomic E-state index is 12.4. The molecule has 84 valence electrons. The third-order valence-corrected chi connectivity index (χ3v) is 2.54. The first-order chi connectivity index (χ1) is 6.41. The summed E-state index contributed by atoms with van der Waals surface area (Å²) in [6, 6.07) is 0. The first-order valence-corrected chi connectivity index (χ1v) is 5.39. The van der Waals surface area contributed by atoms with E-state index in [0.717, 1.165) is 25.7 Å². The first kappa shape index (κ1) is 13.8. The van der Waals surface area contributed by atoms with Crippen molar-refractivity contribution in [2.24, 2.45) is 5.92 Å². The normalized spacial score (nSPS) is 14.1. The Kier molecular flexibility index (Phi) is 6.25. The van der Waals surface area contributed by atoms with E-state index in [-0.39, 0.29) is 12.3 Å². The maximum Gasteiger partial charge on any atom is 0.380 e. The average Bonchev–Trinajstić information content (AvgIpc) is 2.10. The third kappa shape index (κ3) is 5.53. The Hall–Kier alpha value is -0.180. The van der Waals surface area contributed by atoms with E-state index in [1.54, 1.807) is 0 Å². The summed E-state index contributed by atoms with van der Waals surface area (Å²) in [5.41, 5.74) is 0. The lowest BCUT2D eigenvalue weighted by Crippen LogP contribution is -2.24. The Labute approximate surface area is 88.8 Å². The summed E-state index contributed by atoms with van der Waals surface area (Å²) < 4.78 is 24.7. The van der Waals surface area contributed by atoms with Crippen molar-refractivity contribution in [2.45, 2.75) is 51.3 Å². The second kappa shape index (κ2) is 6.33. The second-order valence-electron chi connectivity index (χ2n) is 3.54. The predicted octanol–water partition coefficient (Wildman–Crippen LogP) is 3.99. The SMILES string of the molecule is CCCCC(CC)CC(=O)C(F)(F)Cl. The van der Waals surface area contributed by atoms with Crippen LogP contribution in [-0.2, 0) is 4.79 Å². The van der Waals surface area contributed by atoms with Crippen molar-refractivity contribution >= 4 is 17.4 Å². The molecule has 0 saturated carbocycles. The third-order valence-electron chi connectivity index (χ3n) is 2.33. The first-order valence-electron chi connectivity index (χ1n) is 5.01. The van der Waals surface area contributed by atoms with Gasteiger partial charge in [-0.1, -0.05) is 39.5 Å². The van der Waals surface area contributed by atoms with Gasteiger partial charge in [-0.15, -0.1) is 0 Å². The van der Waals surface area contributed by atoms with Crippen LogP contribution in [0.2, 0.25) is 0 Å². The van der Waals surface area contributed by atoms with E-state index in [0.29, 0.717) is 0 Å². The summed E-state index contributed by atoms with van der Waals surface area (Å²) in [5.74, 6) is -1.10. The zero-order chi connectivity index (χ0) is 11.2. The van der Waals surface area contributed by atoms with Gasteiger partial charge in [-0.25, -0.2) is 0 Å². The number of carbonyl (C=O) groups is 1. The number of unbranched alkanes of at least 4 members (excludes halogenated alkanes) is 1. The number of hydrogen-bond donors (Lipinski definition) is 0. The summed E-state index contributed by atoms with van der Waals surface area (Å²) in [4.78, 5) is 10.9. The molecule has 0 aliphatic rings. The molecule has 0 N–H and O–H groups in total. The standard InChI is InChI=1S/C10H17ClF2O/c1-3-5-6-8(4-2)7-9(14)10(11,12)13/h8H,3-7H2,1-2H3. The molecule has 0 aromatic rings. The fourth-order valence-electron chi connectivity index (χ4n) is 1.32. The van der Waals surface area contributed by atoms with Gasteiger partial charge in [-0.05, 0) is 17.5 Å². The number of ketones is 1. The number of Topliss-reactive ketones (excluding diaryl/α,β-unsaturated/α-hetero) is 1. The highest BCUT2D eigenvalue weighted by Gasteiger charge is 2.36. The lowest BCUT2D eigenvalue weighted by molar-refractivity contribution is -0.134. The van der Waals surface area contributed by atoms with E-state index in [1.165, 1.54) is 0 Å². The van der Waals surface area contributed by atoms with Crippen LogP contribution < -0.4 is 0 Å². The van der Waals surface area contributed by atoms with Crippen LogP contribution in [0.1, 0.15) is 46.0 Å². The monoisotopic (exact) mass is 226 g/mol. The average molecular weight is 227 g/mol. The van der Waals surface area contributed by atoms with Gasteiger partial charge in [-0.3, -0.25) is 4.79 Å². The van der Waals surface area contributed by atoms with E-state index in [4.69, 9.17) is 0 Å². The molecule has 0 aromatic heterocycles. The van der Waals surface area contributed by atoms with Gasteiger partial charge < -0.3 is 0 Å². The number of halogens is 3. The van der Waals surface area contributed by atoms with Crippen molar-refractivity contribution in [2.75, 3.05) is 0 Å². The van der Waals surface area contributed by atoms with Crippen molar-refractivity contribution in [3.05, 3.63) is 0 Å². The van der Waals surface area contributed by atoms with Gasteiger partial charge in [0.15, 0.2) is 0 Å². The van der Waals surface area contributed by atoms with Crippen molar-refractivity contribution in [3.8, 4) is 0 Å². The van der Waals surface area contributed by atoms with E-state index in [1.807, 2.05) is 13.8 Å². The topological polar surface area (TPSA) is 17.1 Å². The van der Waals surface area contributed by atoms with Gasteiger partial charge in [0.2, 0.25) is 5.78 Å². The summed E-state index contributed by atoms with van der Waals surface area (Å²) in [7, 11) is 0. The van der Waals surface area contributed by atoms with E-state index >= 15 is 0 Å². The smallest absolute Gasteiger partial charge is 0.291 e. The largest absolute Gasteiger partial charge is 0.380 e. The molecule has 0 aromatic carbocycles. The maximum atomic E-state index is 12.4. The van der Waals surface area contributed by atoms with Crippen LogP contribution in [0.25, 0.3) is 0 Å². The predicted molar refractivity (Wildman–Crippen MR) is 53.7 cm³/mol. The van der Waals surface area contributed by atoms with Crippen molar-refractivity contribution < 1.29 is 13.6 Å². The Balaban J connectivity index is 3.99. The second-order valence-corrected chi connectivity index (χ2v) is 4.02.